The molecule has 0 aromatic heterocycles. The molecule has 0 aliphatic rings. The fourth-order valence-electron chi connectivity index (χ4n) is 2.49. The van der Waals surface area contributed by atoms with Crippen molar-refractivity contribution in [2.45, 2.75) is 26.8 Å². The molecule has 0 aliphatic carbocycles. The van der Waals surface area contributed by atoms with Crippen molar-refractivity contribution in [3.8, 4) is 11.5 Å². The molecule has 25 heavy (non-hydrogen) atoms. The molecule has 4 heteroatoms. The van der Waals surface area contributed by atoms with Gasteiger partial charge in [-0.05, 0) is 47.2 Å². The number of nitrogens with one attached hydrogen (secondary N) is 1. The van der Waals surface area contributed by atoms with Crippen LogP contribution in [0.25, 0.3) is 6.08 Å². The summed E-state index contributed by atoms with van der Waals surface area (Å²) in [6.07, 6.45) is 4.38. The number of phenols is 1. The fourth-order valence-corrected chi connectivity index (χ4v) is 2.49. The van der Waals surface area contributed by atoms with E-state index in [1.165, 1.54) is 18.7 Å². The van der Waals surface area contributed by atoms with E-state index < -0.39 is 0 Å². The number of carbonyl (C=O) groups is 1. The summed E-state index contributed by atoms with van der Waals surface area (Å²) in [7, 11) is 1.49. The Kier molecular flexibility index (Phi) is 6.63. The smallest absolute Gasteiger partial charge is 0.244 e. The van der Waals surface area contributed by atoms with E-state index in [1.54, 1.807) is 24.3 Å². The lowest BCUT2D eigenvalue weighted by molar-refractivity contribution is -0.116. The third kappa shape index (κ3) is 5.99. The Balaban J connectivity index is 1.88. The molecule has 0 spiro atoms. The maximum absolute atomic E-state index is 11.9. The lowest BCUT2D eigenvalue weighted by atomic mass is 10.0. The lowest BCUT2D eigenvalue weighted by Crippen LogP contribution is -2.20. The first kappa shape index (κ1) is 18.6. The number of phenolic OH excluding ortho intramolecular Hbond substituents is 1. The van der Waals surface area contributed by atoms with E-state index >= 15 is 0 Å². The molecule has 0 bridgehead atoms. The van der Waals surface area contributed by atoms with E-state index in [1.807, 2.05) is 12.1 Å². The van der Waals surface area contributed by atoms with E-state index in [0.29, 0.717) is 18.2 Å². The first-order valence-electron chi connectivity index (χ1n) is 8.38. The second-order valence-electron chi connectivity index (χ2n) is 6.40. The Bertz CT molecular complexity index is 733. The largest absolute Gasteiger partial charge is 0.504 e. The summed E-state index contributed by atoms with van der Waals surface area (Å²) < 4.78 is 5.05. The Morgan fingerprint density at radius 2 is 1.84 bits per heavy atom. The van der Waals surface area contributed by atoms with Crippen LogP contribution in [-0.4, -0.2) is 18.1 Å². The predicted molar refractivity (Wildman–Crippen MR) is 101 cm³/mol. The molecule has 2 aromatic carbocycles. The average Bonchev–Trinajstić information content (AvgIpc) is 2.60. The SMILES string of the molecule is COc1cc(CNC(=O)/C=C/c2ccc(CC(C)C)cc2)ccc1O. The Morgan fingerprint density at radius 1 is 1.16 bits per heavy atom. The van der Waals surface area contributed by atoms with Crippen molar-refractivity contribution in [2.24, 2.45) is 5.92 Å². The van der Waals surface area contributed by atoms with Gasteiger partial charge in [0.05, 0.1) is 7.11 Å². The first-order chi connectivity index (χ1) is 12.0. The number of carbonyl (C=O) groups excluding carboxylic acids is 1. The van der Waals surface area contributed by atoms with Gasteiger partial charge in [0.15, 0.2) is 11.5 Å². The summed E-state index contributed by atoms with van der Waals surface area (Å²) >= 11 is 0. The Hall–Kier alpha value is -2.75. The summed E-state index contributed by atoms with van der Waals surface area (Å²) in [6, 6.07) is 13.2. The van der Waals surface area contributed by atoms with Crippen LogP contribution in [-0.2, 0) is 17.8 Å². The van der Waals surface area contributed by atoms with Crippen molar-refractivity contribution in [1.29, 1.82) is 0 Å². The average molecular weight is 339 g/mol. The number of amides is 1. The van der Waals surface area contributed by atoms with E-state index in [2.05, 4.69) is 31.3 Å². The van der Waals surface area contributed by atoms with Crippen LogP contribution in [0.5, 0.6) is 11.5 Å². The monoisotopic (exact) mass is 339 g/mol. The molecule has 0 saturated heterocycles. The predicted octanol–water partition coefficient (Wildman–Crippen LogP) is 3.93. The number of hydrogen-bond donors (Lipinski definition) is 2. The zero-order valence-corrected chi connectivity index (χ0v) is 15.0. The summed E-state index contributed by atoms with van der Waals surface area (Å²) in [4.78, 5) is 11.9. The van der Waals surface area contributed by atoms with E-state index in [0.717, 1.165) is 17.5 Å². The molecule has 0 aliphatic heterocycles. The summed E-state index contributed by atoms with van der Waals surface area (Å²) in [5, 5.41) is 12.4. The highest BCUT2D eigenvalue weighted by atomic mass is 16.5. The molecular formula is C21H25NO3. The molecule has 0 radical (unpaired) electrons. The molecule has 0 fully saturated rings. The minimum Gasteiger partial charge on any atom is -0.504 e. The molecule has 0 saturated carbocycles. The number of rotatable bonds is 7. The quantitative estimate of drug-likeness (QED) is 0.752. The van der Waals surface area contributed by atoms with Crippen molar-refractivity contribution in [3.63, 3.8) is 0 Å². The van der Waals surface area contributed by atoms with Crippen LogP contribution >= 0.6 is 0 Å². The molecule has 2 N–H and O–H groups in total. The molecular weight excluding hydrogens is 314 g/mol. The highest BCUT2D eigenvalue weighted by molar-refractivity contribution is 5.91. The second-order valence-corrected chi connectivity index (χ2v) is 6.40. The molecule has 2 rings (SSSR count). The van der Waals surface area contributed by atoms with Crippen molar-refractivity contribution in [1.82, 2.24) is 5.32 Å². The topological polar surface area (TPSA) is 58.6 Å². The van der Waals surface area contributed by atoms with Crippen molar-refractivity contribution < 1.29 is 14.6 Å². The van der Waals surface area contributed by atoms with Crippen molar-refractivity contribution in [2.75, 3.05) is 7.11 Å². The van der Waals surface area contributed by atoms with Gasteiger partial charge in [-0.15, -0.1) is 0 Å². The molecule has 0 unspecified atom stereocenters. The summed E-state index contributed by atoms with van der Waals surface area (Å²) in [6.45, 7) is 4.76. The maximum atomic E-state index is 11.9. The molecule has 132 valence electrons. The van der Waals surface area contributed by atoms with Gasteiger partial charge in [0.1, 0.15) is 0 Å². The molecule has 2 aromatic rings. The van der Waals surface area contributed by atoms with E-state index in [9.17, 15) is 9.90 Å². The maximum Gasteiger partial charge on any atom is 0.244 e. The Morgan fingerprint density at radius 3 is 2.48 bits per heavy atom. The molecule has 1 amide bonds. The third-order valence-electron chi connectivity index (χ3n) is 3.76. The van der Waals surface area contributed by atoms with Gasteiger partial charge >= 0.3 is 0 Å². The third-order valence-corrected chi connectivity index (χ3v) is 3.76. The zero-order chi connectivity index (χ0) is 18.2. The standard InChI is InChI=1S/C21H25NO3/c1-15(2)12-17-6-4-16(5-7-17)9-11-21(24)22-14-18-8-10-19(23)20(13-18)25-3/h4-11,13,15,23H,12,14H2,1-3H3,(H,22,24)/b11-9+. The number of methoxy groups -OCH3 is 1. The molecule has 4 nitrogen and oxygen atoms in total. The van der Waals surface area contributed by atoms with E-state index in [4.69, 9.17) is 4.74 Å². The van der Waals surface area contributed by atoms with Crippen molar-refractivity contribution in [3.05, 3.63) is 65.2 Å². The number of hydrogen-bond acceptors (Lipinski definition) is 3. The van der Waals surface area contributed by atoms with Gasteiger partial charge in [-0.3, -0.25) is 4.79 Å². The zero-order valence-electron chi connectivity index (χ0n) is 15.0. The van der Waals surface area contributed by atoms with Gasteiger partial charge in [0, 0.05) is 12.6 Å². The Labute approximate surface area is 149 Å². The molecule has 0 heterocycles. The van der Waals surface area contributed by atoms with Gasteiger partial charge in [-0.25, -0.2) is 0 Å². The number of benzene rings is 2. The van der Waals surface area contributed by atoms with Crippen LogP contribution < -0.4 is 10.1 Å². The lowest BCUT2D eigenvalue weighted by Gasteiger charge is -2.07. The van der Waals surface area contributed by atoms with Gasteiger partial charge < -0.3 is 15.2 Å². The normalized spacial score (nSPS) is 11.0. The van der Waals surface area contributed by atoms with Gasteiger partial charge in [-0.2, -0.15) is 0 Å². The van der Waals surface area contributed by atoms with Gasteiger partial charge in [0.2, 0.25) is 5.91 Å². The summed E-state index contributed by atoms with van der Waals surface area (Å²) in [5.41, 5.74) is 3.15. The van der Waals surface area contributed by atoms with Crippen LogP contribution in [0.2, 0.25) is 0 Å². The highest BCUT2D eigenvalue weighted by Crippen LogP contribution is 2.26. The van der Waals surface area contributed by atoms with Gasteiger partial charge in [0.25, 0.3) is 0 Å². The first-order valence-corrected chi connectivity index (χ1v) is 8.38. The van der Waals surface area contributed by atoms with Crippen LogP contribution in [0.3, 0.4) is 0 Å². The van der Waals surface area contributed by atoms with Gasteiger partial charge in [-0.1, -0.05) is 44.2 Å². The van der Waals surface area contributed by atoms with Crippen LogP contribution in [0, 0.1) is 5.92 Å². The van der Waals surface area contributed by atoms with Crippen LogP contribution in [0.4, 0.5) is 0 Å². The minimum absolute atomic E-state index is 0.0818. The second kappa shape index (κ2) is 8.92. The fraction of sp³-hybridized carbons (Fsp3) is 0.286. The van der Waals surface area contributed by atoms with Crippen molar-refractivity contribution >= 4 is 12.0 Å². The number of aromatic hydroxyl groups is 1. The number of ether oxygens (including phenoxy) is 1. The van der Waals surface area contributed by atoms with Crippen LogP contribution in [0.1, 0.15) is 30.5 Å². The van der Waals surface area contributed by atoms with E-state index in [-0.39, 0.29) is 11.7 Å². The molecule has 0 atom stereocenters. The minimum atomic E-state index is -0.168. The van der Waals surface area contributed by atoms with Crippen LogP contribution in [0.15, 0.2) is 48.5 Å². The highest BCUT2D eigenvalue weighted by Gasteiger charge is 2.03. The summed E-state index contributed by atoms with van der Waals surface area (Å²) in [5.74, 6) is 0.936.